The molecule has 0 aliphatic heterocycles. The fraction of sp³-hybridized carbons (Fsp3) is 0.481. The van der Waals surface area contributed by atoms with Crippen LogP contribution in [0.15, 0.2) is 42.5 Å². The first-order valence-electron chi connectivity index (χ1n) is 11.3. The average Bonchev–Trinajstić information content (AvgIpc) is 2.84. The van der Waals surface area contributed by atoms with Gasteiger partial charge in [0.2, 0.25) is 0 Å². The highest BCUT2D eigenvalue weighted by molar-refractivity contribution is 5.89. The largest absolute Gasteiger partial charge is 0.493 e. The van der Waals surface area contributed by atoms with E-state index in [-0.39, 0.29) is 11.9 Å². The molecule has 2 aromatic rings. The molecule has 0 amide bonds. The molecule has 2 aromatic carbocycles. The van der Waals surface area contributed by atoms with E-state index in [4.69, 9.17) is 14.2 Å². The highest BCUT2D eigenvalue weighted by atomic mass is 16.5. The van der Waals surface area contributed by atoms with Crippen molar-refractivity contribution in [2.24, 2.45) is 5.92 Å². The number of esters is 1. The standard InChI is InChI=1S/C27H36N2O4/c1-20(2)27(19-28,23-11-9-22(10-12-23)26(30)33-6)15-7-16-29(3)17-14-21-8-13-24(31-4)25(18-21)32-5/h8-13,18,20H,7,14-17H2,1-6H3. The van der Waals surface area contributed by atoms with Gasteiger partial charge >= 0.3 is 5.97 Å². The normalized spacial score (nSPS) is 12.8. The number of nitrogens with zero attached hydrogens (tertiary/aromatic N) is 2. The molecule has 6 heteroatoms. The lowest BCUT2D eigenvalue weighted by Crippen LogP contribution is -2.32. The molecule has 1 atom stereocenters. The van der Waals surface area contributed by atoms with Gasteiger partial charge in [0.15, 0.2) is 11.5 Å². The van der Waals surface area contributed by atoms with E-state index >= 15 is 0 Å². The smallest absolute Gasteiger partial charge is 0.337 e. The summed E-state index contributed by atoms with van der Waals surface area (Å²) in [6.07, 6.45) is 2.55. The summed E-state index contributed by atoms with van der Waals surface area (Å²) < 4.78 is 15.5. The second-order valence-electron chi connectivity index (χ2n) is 8.65. The third-order valence-electron chi connectivity index (χ3n) is 6.35. The molecule has 0 heterocycles. The second-order valence-corrected chi connectivity index (χ2v) is 8.65. The topological polar surface area (TPSA) is 71.8 Å². The number of likely N-dealkylation sites (N-methyl/N-ethyl adjacent to an activating group) is 1. The Morgan fingerprint density at radius 2 is 1.70 bits per heavy atom. The van der Waals surface area contributed by atoms with Gasteiger partial charge in [-0.1, -0.05) is 32.0 Å². The number of hydrogen-bond donors (Lipinski definition) is 0. The van der Waals surface area contributed by atoms with Crippen LogP contribution < -0.4 is 9.47 Å². The summed E-state index contributed by atoms with van der Waals surface area (Å²) in [7, 11) is 6.76. The molecule has 2 rings (SSSR count). The van der Waals surface area contributed by atoms with E-state index in [0.29, 0.717) is 5.56 Å². The zero-order valence-corrected chi connectivity index (χ0v) is 20.7. The lowest BCUT2D eigenvalue weighted by Gasteiger charge is -2.32. The van der Waals surface area contributed by atoms with Gasteiger partial charge in [0.05, 0.1) is 38.4 Å². The molecule has 0 aliphatic carbocycles. The minimum atomic E-state index is -0.598. The van der Waals surface area contributed by atoms with E-state index in [1.54, 1.807) is 26.4 Å². The minimum absolute atomic E-state index is 0.142. The lowest BCUT2D eigenvalue weighted by molar-refractivity contribution is 0.0600. The fourth-order valence-corrected chi connectivity index (χ4v) is 4.13. The highest BCUT2D eigenvalue weighted by Gasteiger charge is 2.35. The van der Waals surface area contributed by atoms with Crippen LogP contribution in [0.25, 0.3) is 0 Å². The van der Waals surface area contributed by atoms with Crippen molar-refractivity contribution >= 4 is 5.97 Å². The average molecular weight is 453 g/mol. The third kappa shape index (κ3) is 6.49. The van der Waals surface area contributed by atoms with Crippen LogP contribution in [0.4, 0.5) is 0 Å². The Balaban J connectivity index is 1.98. The molecule has 0 spiro atoms. The summed E-state index contributed by atoms with van der Waals surface area (Å²) in [4.78, 5) is 14.0. The van der Waals surface area contributed by atoms with Crippen LogP contribution >= 0.6 is 0 Å². The number of hydrogen-bond acceptors (Lipinski definition) is 6. The van der Waals surface area contributed by atoms with Crippen LogP contribution in [-0.2, 0) is 16.6 Å². The summed E-state index contributed by atoms with van der Waals surface area (Å²) >= 11 is 0. The van der Waals surface area contributed by atoms with Crippen LogP contribution in [0, 0.1) is 17.2 Å². The second kappa shape index (κ2) is 12.3. The zero-order chi connectivity index (χ0) is 24.4. The molecule has 178 valence electrons. The van der Waals surface area contributed by atoms with Crippen molar-refractivity contribution in [2.75, 3.05) is 41.5 Å². The lowest BCUT2D eigenvalue weighted by atomic mass is 9.69. The first kappa shape index (κ1) is 26.2. The predicted octanol–water partition coefficient (Wildman–Crippen LogP) is 4.86. The number of benzene rings is 2. The number of carbonyl (C=O) groups is 1. The van der Waals surface area contributed by atoms with E-state index in [1.807, 2.05) is 24.3 Å². The monoisotopic (exact) mass is 452 g/mol. The van der Waals surface area contributed by atoms with Crippen molar-refractivity contribution in [3.05, 3.63) is 59.2 Å². The predicted molar refractivity (Wildman–Crippen MR) is 130 cm³/mol. The van der Waals surface area contributed by atoms with Crippen molar-refractivity contribution < 1.29 is 19.0 Å². The maximum Gasteiger partial charge on any atom is 0.337 e. The maximum absolute atomic E-state index is 11.8. The summed E-state index contributed by atoms with van der Waals surface area (Å²) in [5, 5.41) is 10.2. The van der Waals surface area contributed by atoms with Crippen LogP contribution in [0.1, 0.15) is 48.2 Å². The van der Waals surface area contributed by atoms with Gasteiger partial charge in [-0.3, -0.25) is 0 Å². The summed E-state index contributed by atoms with van der Waals surface area (Å²) in [5.74, 6) is 1.25. The van der Waals surface area contributed by atoms with E-state index in [2.05, 4.69) is 37.9 Å². The quantitative estimate of drug-likeness (QED) is 0.428. The van der Waals surface area contributed by atoms with E-state index < -0.39 is 5.41 Å². The Bertz CT molecular complexity index is 950. The molecular weight excluding hydrogens is 416 g/mol. The third-order valence-corrected chi connectivity index (χ3v) is 6.35. The molecule has 0 aromatic heterocycles. The molecule has 6 nitrogen and oxygen atoms in total. The van der Waals surface area contributed by atoms with Gasteiger partial charge in [0.25, 0.3) is 0 Å². The first-order chi connectivity index (χ1) is 15.8. The maximum atomic E-state index is 11.8. The molecule has 0 bridgehead atoms. The van der Waals surface area contributed by atoms with E-state index in [0.717, 1.165) is 49.4 Å². The summed E-state index contributed by atoms with van der Waals surface area (Å²) in [6, 6.07) is 15.9. The molecule has 0 fully saturated rings. The Hall–Kier alpha value is -3.04. The van der Waals surface area contributed by atoms with Crippen molar-refractivity contribution in [3.63, 3.8) is 0 Å². The Morgan fingerprint density at radius 1 is 1.03 bits per heavy atom. The van der Waals surface area contributed by atoms with Gasteiger partial charge in [0, 0.05) is 6.54 Å². The fourth-order valence-electron chi connectivity index (χ4n) is 4.13. The van der Waals surface area contributed by atoms with Crippen molar-refractivity contribution in [3.8, 4) is 17.6 Å². The number of carbonyl (C=O) groups excluding carboxylic acids is 1. The highest BCUT2D eigenvalue weighted by Crippen LogP contribution is 2.37. The molecule has 0 saturated heterocycles. The SMILES string of the molecule is COC(=O)c1ccc(C(C#N)(CCCN(C)CCc2ccc(OC)c(OC)c2)C(C)C)cc1. The molecule has 0 aliphatic rings. The molecule has 0 N–H and O–H groups in total. The Morgan fingerprint density at radius 3 is 2.24 bits per heavy atom. The molecule has 0 radical (unpaired) electrons. The first-order valence-corrected chi connectivity index (χ1v) is 11.3. The van der Waals surface area contributed by atoms with Crippen LogP contribution in [0.5, 0.6) is 11.5 Å². The van der Waals surface area contributed by atoms with Gasteiger partial charge in [-0.15, -0.1) is 0 Å². The van der Waals surface area contributed by atoms with E-state index in [9.17, 15) is 10.1 Å². The Labute approximate surface area is 198 Å². The van der Waals surface area contributed by atoms with Crippen molar-refractivity contribution in [1.29, 1.82) is 5.26 Å². The zero-order valence-electron chi connectivity index (χ0n) is 20.7. The summed E-state index contributed by atoms with van der Waals surface area (Å²) in [6.45, 7) is 5.96. The van der Waals surface area contributed by atoms with Crippen molar-refractivity contribution in [2.45, 2.75) is 38.5 Å². The number of rotatable bonds is 12. The van der Waals surface area contributed by atoms with E-state index in [1.165, 1.54) is 12.7 Å². The van der Waals surface area contributed by atoms with Gasteiger partial charge in [-0.25, -0.2) is 4.79 Å². The molecule has 0 saturated carbocycles. The van der Waals surface area contributed by atoms with Gasteiger partial charge < -0.3 is 19.1 Å². The van der Waals surface area contributed by atoms with Gasteiger partial charge in [-0.2, -0.15) is 5.26 Å². The van der Waals surface area contributed by atoms with Crippen molar-refractivity contribution in [1.82, 2.24) is 4.90 Å². The van der Waals surface area contributed by atoms with Crippen LogP contribution in [-0.4, -0.2) is 52.3 Å². The van der Waals surface area contributed by atoms with Gasteiger partial charge in [0.1, 0.15) is 0 Å². The Kier molecular flexibility index (Phi) is 9.74. The number of methoxy groups -OCH3 is 3. The number of ether oxygens (including phenoxy) is 3. The molecule has 33 heavy (non-hydrogen) atoms. The van der Waals surface area contributed by atoms with Crippen LogP contribution in [0.2, 0.25) is 0 Å². The summed E-state index contributed by atoms with van der Waals surface area (Å²) in [5.41, 5.74) is 2.03. The van der Waals surface area contributed by atoms with Crippen LogP contribution in [0.3, 0.4) is 0 Å². The van der Waals surface area contributed by atoms with Gasteiger partial charge in [-0.05, 0) is 74.2 Å². The molecular formula is C27H36N2O4. The minimum Gasteiger partial charge on any atom is -0.493 e. The number of nitriles is 1. The molecule has 1 unspecified atom stereocenters.